The van der Waals surface area contributed by atoms with Crippen molar-refractivity contribution < 1.29 is 29.4 Å². The van der Waals surface area contributed by atoms with Gasteiger partial charge >= 0.3 is 5.97 Å². The molecule has 2 amide bonds. The Morgan fingerprint density at radius 3 is 2.70 bits per heavy atom. The van der Waals surface area contributed by atoms with Crippen LogP contribution in [0.15, 0.2) is 18.2 Å². The minimum atomic E-state index is -0.982. The molecule has 4 N–H and O–H groups in total. The third-order valence-corrected chi connectivity index (χ3v) is 5.77. The van der Waals surface area contributed by atoms with Crippen LogP contribution in [0.25, 0.3) is 0 Å². The molecule has 1 aliphatic heterocycles. The molecule has 2 rings (SSSR count). The van der Waals surface area contributed by atoms with E-state index in [1.807, 2.05) is 0 Å². The first-order valence-electron chi connectivity index (χ1n) is 9.37. The number of halogens is 1. The Hall–Kier alpha value is -2.30. The predicted octanol–water partition coefficient (Wildman–Crippen LogP) is 1.32. The summed E-state index contributed by atoms with van der Waals surface area (Å²) in [4.78, 5) is 47.3. The number of phenols is 1. The minimum Gasteiger partial charge on any atom is -0.506 e. The standard InChI is InChI=1S/C19H24ClN3O6S/c1-11(24)21-14(10-12-4-5-16(25)13(20)9-12)19(29)30-8-6-17(26)22-23-7-2-3-15(23)18(27)28/h4-5,9,14-15,25H,2-3,6-8,10H2,1H3,(H,21,24)(H,22,26)(H,27,28)/t14?,15-/m0/s1. The molecule has 1 fully saturated rings. The summed E-state index contributed by atoms with van der Waals surface area (Å²) in [5.74, 6) is -1.62. The smallest absolute Gasteiger partial charge is 0.322 e. The average molecular weight is 458 g/mol. The number of carboxylic acids is 1. The van der Waals surface area contributed by atoms with Crippen LogP contribution in [-0.2, 0) is 25.6 Å². The quantitative estimate of drug-likeness (QED) is 0.436. The van der Waals surface area contributed by atoms with Crippen molar-refractivity contribution in [1.82, 2.24) is 15.8 Å². The zero-order valence-electron chi connectivity index (χ0n) is 16.4. The summed E-state index contributed by atoms with van der Waals surface area (Å²) in [5.41, 5.74) is 3.24. The van der Waals surface area contributed by atoms with Crippen LogP contribution in [0.4, 0.5) is 0 Å². The maximum atomic E-state index is 12.5. The molecule has 0 aliphatic carbocycles. The van der Waals surface area contributed by atoms with E-state index in [4.69, 9.17) is 16.7 Å². The zero-order valence-corrected chi connectivity index (χ0v) is 18.0. The molecule has 1 aromatic carbocycles. The number of thioether (sulfide) groups is 1. The highest BCUT2D eigenvalue weighted by atomic mass is 35.5. The van der Waals surface area contributed by atoms with Crippen LogP contribution in [-0.4, -0.2) is 62.5 Å². The van der Waals surface area contributed by atoms with Crippen molar-refractivity contribution >= 4 is 46.3 Å². The Morgan fingerprint density at radius 1 is 1.33 bits per heavy atom. The van der Waals surface area contributed by atoms with Crippen LogP contribution in [0.5, 0.6) is 5.75 Å². The van der Waals surface area contributed by atoms with Crippen molar-refractivity contribution in [3.05, 3.63) is 28.8 Å². The van der Waals surface area contributed by atoms with E-state index >= 15 is 0 Å². The fourth-order valence-electron chi connectivity index (χ4n) is 3.07. The van der Waals surface area contributed by atoms with Gasteiger partial charge in [-0.1, -0.05) is 29.4 Å². The van der Waals surface area contributed by atoms with E-state index in [1.54, 1.807) is 6.07 Å². The monoisotopic (exact) mass is 457 g/mol. The summed E-state index contributed by atoms with van der Waals surface area (Å²) in [6.07, 6.45) is 1.37. The number of nitrogens with zero attached hydrogens (tertiary/aromatic N) is 1. The number of hydrogen-bond acceptors (Lipinski definition) is 7. The molecule has 1 saturated heterocycles. The Morgan fingerprint density at radius 2 is 2.07 bits per heavy atom. The lowest BCUT2D eigenvalue weighted by atomic mass is 10.1. The highest BCUT2D eigenvalue weighted by molar-refractivity contribution is 8.13. The number of carbonyl (C=O) groups excluding carboxylic acids is 3. The number of nitrogens with one attached hydrogen (secondary N) is 2. The lowest BCUT2D eigenvalue weighted by Gasteiger charge is -2.21. The molecule has 1 unspecified atom stereocenters. The van der Waals surface area contributed by atoms with Gasteiger partial charge in [0.2, 0.25) is 16.9 Å². The summed E-state index contributed by atoms with van der Waals surface area (Å²) in [6, 6.07) is 2.99. The molecule has 30 heavy (non-hydrogen) atoms. The lowest BCUT2D eigenvalue weighted by Crippen LogP contribution is -2.48. The number of hydrogen-bond donors (Lipinski definition) is 4. The Kier molecular flexibility index (Phi) is 8.94. The number of benzene rings is 1. The van der Waals surface area contributed by atoms with Crippen LogP contribution in [0.2, 0.25) is 5.02 Å². The van der Waals surface area contributed by atoms with Crippen molar-refractivity contribution in [3.63, 3.8) is 0 Å². The van der Waals surface area contributed by atoms with Gasteiger partial charge < -0.3 is 15.5 Å². The van der Waals surface area contributed by atoms with Crippen LogP contribution < -0.4 is 10.7 Å². The SMILES string of the molecule is CC(=O)NC(Cc1ccc(O)c(Cl)c1)C(=O)SCCC(=O)NN1CCC[C@H]1C(=O)O. The number of aliphatic carboxylic acids is 1. The average Bonchev–Trinajstić information content (AvgIpc) is 3.12. The molecular formula is C19H24ClN3O6S. The van der Waals surface area contributed by atoms with Gasteiger partial charge in [0.05, 0.1) is 5.02 Å². The van der Waals surface area contributed by atoms with Crippen LogP contribution in [0, 0.1) is 0 Å². The third kappa shape index (κ3) is 7.19. The van der Waals surface area contributed by atoms with Crippen LogP contribution in [0.1, 0.15) is 31.7 Å². The zero-order chi connectivity index (χ0) is 22.3. The molecule has 0 bridgehead atoms. The Bertz CT molecular complexity index is 821. The lowest BCUT2D eigenvalue weighted by molar-refractivity contribution is -0.144. The second kappa shape index (κ2) is 11.2. The largest absolute Gasteiger partial charge is 0.506 e. The van der Waals surface area contributed by atoms with Crippen LogP contribution in [0.3, 0.4) is 0 Å². The first-order chi connectivity index (χ1) is 14.2. The van der Waals surface area contributed by atoms with Gasteiger partial charge in [-0.3, -0.25) is 24.6 Å². The molecular weight excluding hydrogens is 434 g/mol. The molecule has 0 saturated carbocycles. The van der Waals surface area contributed by atoms with Crippen molar-refractivity contribution in [2.45, 2.75) is 44.7 Å². The first-order valence-corrected chi connectivity index (χ1v) is 10.7. The summed E-state index contributed by atoms with van der Waals surface area (Å²) >= 11 is 6.80. The van der Waals surface area contributed by atoms with Gasteiger partial charge in [0.1, 0.15) is 17.8 Å². The highest BCUT2D eigenvalue weighted by Crippen LogP contribution is 2.25. The normalized spacial score (nSPS) is 17.3. The Labute approximate surface area is 183 Å². The van der Waals surface area contributed by atoms with E-state index in [0.717, 1.165) is 11.8 Å². The molecule has 1 aromatic rings. The van der Waals surface area contributed by atoms with Gasteiger partial charge in [-0.25, -0.2) is 5.01 Å². The van der Waals surface area contributed by atoms with Gasteiger partial charge in [-0.15, -0.1) is 0 Å². The molecule has 11 heteroatoms. The van der Waals surface area contributed by atoms with E-state index in [0.29, 0.717) is 24.9 Å². The number of carbonyl (C=O) groups is 4. The molecule has 9 nitrogen and oxygen atoms in total. The number of hydrazine groups is 1. The second-order valence-corrected chi connectivity index (χ2v) is 8.39. The van der Waals surface area contributed by atoms with Gasteiger partial charge in [0, 0.05) is 32.1 Å². The Balaban J connectivity index is 1.86. The summed E-state index contributed by atoms with van der Waals surface area (Å²) in [6.45, 7) is 1.77. The maximum absolute atomic E-state index is 12.5. The van der Waals surface area contributed by atoms with E-state index in [2.05, 4.69) is 10.7 Å². The molecule has 0 spiro atoms. The van der Waals surface area contributed by atoms with Gasteiger partial charge in [-0.05, 0) is 30.5 Å². The molecule has 0 aromatic heterocycles. The first kappa shape index (κ1) is 24.0. The molecule has 164 valence electrons. The van der Waals surface area contributed by atoms with Gasteiger partial charge in [0.25, 0.3) is 0 Å². The van der Waals surface area contributed by atoms with Crippen LogP contribution >= 0.6 is 23.4 Å². The second-order valence-electron chi connectivity index (χ2n) is 6.89. The molecule has 1 aliphatic rings. The molecule has 0 radical (unpaired) electrons. The number of aromatic hydroxyl groups is 1. The number of phenolic OH excluding ortho intramolecular Hbond substituents is 1. The number of carboxylic acid groups (broad SMARTS) is 1. The summed E-state index contributed by atoms with van der Waals surface area (Å²) in [7, 11) is 0. The van der Waals surface area contributed by atoms with Crippen molar-refractivity contribution in [2.75, 3.05) is 12.3 Å². The topological polar surface area (TPSA) is 136 Å². The van der Waals surface area contributed by atoms with Gasteiger partial charge in [-0.2, -0.15) is 0 Å². The van der Waals surface area contributed by atoms with E-state index in [9.17, 15) is 24.3 Å². The fraction of sp³-hybridized carbons (Fsp3) is 0.474. The fourth-order valence-corrected chi connectivity index (χ4v) is 4.11. The highest BCUT2D eigenvalue weighted by Gasteiger charge is 2.31. The summed E-state index contributed by atoms with van der Waals surface area (Å²) in [5, 5.41) is 22.5. The maximum Gasteiger partial charge on any atom is 0.322 e. The van der Waals surface area contributed by atoms with Gasteiger partial charge in [0.15, 0.2) is 0 Å². The third-order valence-electron chi connectivity index (χ3n) is 4.49. The van der Waals surface area contributed by atoms with Crippen molar-refractivity contribution in [2.24, 2.45) is 0 Å². The van der Waals surface area contributed by atoms with Crippen molar-refractivity contribution in [3.8, 4) is 5.75 Å². The van der Waals surface area contributed by atoms with E-state index in [-0.39, 0.29) is 46.3 Å². The molecule has 2 atom stereocenters. The number of rotatable bonds is 9. The molecule has 1 heterocycles. The minimum absolute atomic E-state index is 0.0249. The summed E-state index contributed by atoms with van der Waals surface area (Å²) < 4.78 is 0. The predicted molar refractivity (Wildman–Crippen MR) is 112 cm³/mol. The van der Waals surface area contributed by atoms with E-state index in [1.165, 1.54) is 24.1 Å². The number of amides is 2. The van der Waals surface area contributed by atoms with E-state index < -0.39 is 18.1 Å². The van der Waals surface area contributed by atoms with Crippen molar-refractivity contribution in [1.29, 1.82) is 0 Å².